The van der Waals surface area contributed by atoms with Crippen LogP contribution in [0.4, 0.5) is 5.82 Å². The lowest BCUT2D eigenvalue weighted by molar-refractivity contribution is 0.357. The zero-order valence-electron chi connectivity index (χ0n) is 11.3. The van der Waals surface area contributed by atoms with Crippen LogP contribution in [-0.2, 0) is 6.42 Å². The molecule has 0 fully saturated rings. The van der Waals surface area contributed by atoms with Crippen molar-refractivity contribution in [3.05, 3.63) is 47.7 Å². The van der Waals surface area contributed by atoms with Crippen molar-refractivity contribution in [2.24, 2.45) is 0 Å². The molecule has 0 atom stereocenters. The first-order chi connectivity index (χ1) is 9.72. The molecule has 20 heavy (non-hydrogen) atoms. The van der Waals surface area contributed by atoms with E-state index in [1.165, 1.54) is 5.56 Å². The van der Waals surface area contributed by atoms with Crippen LogP contribution < -0.4 is 10.5 Å². The molecule has 1 aromatic carbocycles. The largest absolute Gasteiger partial charge is 0.493 e. The summed E-state index contributed by atoms with van der Waals surface area (Å²) in [6.45, 7) is 2.81. The van der Waals surface area contributed by atoms with Crippen LogP contribution in [0, 0.1) is 6.92 Å². The van der Waals surface area contributed by atoms with Gasteiger partial charge < -0.3 is 10.5 Å². The number of pyridine rings is 1. The Morgan fingerprint density at radius 1 is 1.25 bits per heavy atom. The number of imidazole rings is 1. The summed E-state index contributed by atoms with van der Waals surface area (Å²) in [4.78, 5) is 4.65. The van der Waals surface area contributed by atoms with Gasteiger partial charge in [0.1, 0.15) is 22.9 Å². The van der Waals surface area contributed by atoms with E-state index >= 15 is 0 Å². The molecule has 4 heteroatoms. The molecule has 2 aromatic heterocycles. The van der Waals surface area contributed by atoms with Crippen molar-refractivity contribution in [1.82, 2.24) is 9.38 Å². The predicted molar refractivity (Wildman–Crippen MR) is 79.0 cm³/mol. The van der Waals surface area contributed by atoms with E-state index in [4.69, 9.17) is 10.5 Å². The molecule has 4 rings (SSSR count). The minimum absolute atomic E-state index is 0.683. The van der Waals surface area contributed by atoms with Gasteiger partial charge in [-0.15, -0.1) is 0 Å². The molecule has 100 valence electrons. The van der Waals surface area contributed by atoms with Crippen molar-refractivity contribution in [3.8, 4) is 17.0 Å². The number of rotatable bonds is 1. The van der Waals surface area contributed by atoms with Gasteiger partial charge >= 0.3 is 0 Å². The number of hydrogen-bond acceptors (Lipinski definition) is 3. The Morgan fingerprint density at radius 3 is 3.05 bits per heavy atom. The quantitative estimate of drug-likeness (QED) is 0.736. The maximum atomic E-state index is 6.25. The highest BCUT2D eigenvalue weighted by atomic mass is 16.5. The van der Waals surface area contributed by atoms with Crippen LogP contribution in [0.15, 0.2) is 36.5 Å². The number of aryl methyl sites for hydroxylation is 1. The van der Waals surface area contributed by atoms with E-state index in [9.17, 15) is 0 Å². The zero-order valence-corrected chi connectivity index (χ0v) is 11.3. The predicted octanol–water partition coefficient (Wildman–Crippen LogP) is 2.83. The first-order valence-electron chi connectivity index (χ1n) is 6.73. The Kier molecular flexibility index (Phi) is 2.27. The van der Waals surface area contributed by atoms with Crippen LogP contribution >= 0.6 is 0 Å². The van der Waals surface area contributed by atoms with Crippen LogP contribution in [0.3, 0.4) is 0 Å². The van der Waals surface area contributed by atoms with Crippen molar-refractivity contribution in [3.63, 3.8) is 0 Å². The Balaban J connectivity index is 1.92. The average Bonchev–Trinajstić information content (AvgIpc) is 3.03. The van der Waals surface area contributed by atoms with E-state index in [2.05, 4.69) is 11.1 Å². The topological polar surface area (TPSA) is 52.5 Å². The zero-order chi connectivity index (χ0) is 13.7. The van der Waals surface area contributed by atoms with E-state index in [1.54, 1.807) is 0 Å². The molecular weight excluding hydrogens is 250 g/mol. The number of anilines is 1. The van der Waals surface area contributed by atoms with Gasteiger partial charge in [-0.3, -0.25) is 4.40 Å². The molecule has 0 spiro atoms. The number of hydrogen-bond donors (Lipinski definition) is 1. The molecule has 1 aliphatic heterocycles. The summed E-state index contributed by atoms with van der Waals surface area (Å²) in [5, 5.41) is 0. The normalized spacial score (nSPS) is 13.4. The summed E-state index contributed by atoms with van der Waals surface area (Å²) in [7, 11) is 0. The molecule has 4 nitrogen and oxygen atoms in total. The van der Waals surface area contributed by atoms with Crippen molar-refractivity contribution >= 4 is 11.5 Å². The van der Waals surface area contributed by atoms with Gasteiger partial charge in [-0.25, -0.2) is 4.98 Å². The van der Waals surface area contributed by atoms with Crippen LogP contribution in [0.5, 0.6) is 5.75 Å². The van der Waals surface area contributed by atoms with E-state index in [0.29, 0.717) is 5.82 Å². The summed E-state index contributed by atoms with van der Waals surface area (Å²) in [5.74, 6) is 1.66. The highest BCUT2D eigenvalue weighted by Crippen LogP contribution is 2.32. The molecular formula is C16H15N3O. The highest BCUT2D eigenvalue weighted by Gasteiger charge is 2.16. The van der Waals surface area contributed by atoms with E-state index in [0.717, 1.165) is 41.2 Å². The summed E-state index contributed by atoms with van der Waals surface area (Å²) in [6, 6.07) is 10.2. The van der Waals surface area contributed by atoms with E-state index in [1.807, 2.05) is 41.8 Å². The number of nitrogen functional groups attached to an aromatic ring is 1. The van der Waals surface area contributed by atoms with Gasteiger partial charge in [-0.05, 0) is 42.3 Å². The second-order valence-electron chi connectivity index (χ2n) is 5.20. The van der Waals surface area contributed by atoms with Gasteiger partial charge in [0, 0.05) is 18.2 Å². The van der Waals surface area contributed by atoms with Gasteiger partial charge in [0.05, 0.1) is 6.61 Å². The minimum atomic E-state index is 0.683. The Hall–Kier alpha value is -2.49. The second kappa shape index (κ2) is 4.00. The molecule has 0 amide bonds. The van der Waals surface area contributed by atoms with Crippen molar-refractivity contribution < 1.29 is 4.74 Å². The maximum Gasteiger partial charge on any atom is 0.139 e. The summed E-state index contributed by atoms with van der Waals surface area (Å²) < 4.78 is 7.48. The lowest BCUT2D eigenvalue weighted by atomic mass is 10.1. The summed E-state index contributed by atoms with van der Waals surface area (Å²) >= 11 is 0. The number of nitrogens with two attached hydrogens (primary N) is 1. The fraction of sp³-hybridized carbons (Fsp3) is 0.188. The molecule has 0 aliphatic carbocycles. The Morgan fingerprint density at radius 2 is 2.15 bits per heavy atom. The monoisotopic (exact) mass is 265 g/mol. The first kappa shape index (κ1) is 11.3. The number of ether oxygens (including phenoxy) is 1. The third-order valence-electron chi connectivity index (χ3n) is 3.77. The lowest BCUT2D eigenvalue weighted by Crippen LogP contribution is -1.94. The molecule has 3 aromatic rings. The third kappa shape index (κ3) is 1.58. The second-order valence-corrected chi connectivity index (χ2v) is 5.20. The minimum Gasteiger partial charge on any atom is -0.493 e. The molecule has 0 bridgehead atoms. The van der Waals surface area contributed by atoms with Crippen LogP contribution in [0.2, 0.25) is 0 Å². The molecule has 0 radical (unpaired) electrons. The number of nitrogens with zero attached hydrogens (tertiary/aromatic N) is 2. The van der Waals surface area contributed by atoms with Gasteiger partial charge in [-0.1, -0.05) is 6.07 Å². The molecule has 0 unspecified atom stereocenters. The summed E-state index contributed by atoms with van der Waals surface area (Å²) in [6.07, 6.45) is 2.97. The molecule has 2 N–H and O–H groups in total. The Labute approximate surface area is 116 Å². The van der Waals surface area contributed by atoms with Gasteiger partial charge in [0.25, 0.3) is 0 Å². The number of aromatic nitrogens is 2. The molecule has 1 aliphatic rings. The fourth-order valence-electron chi connectivity index (χ4n) is 2.72. The first-order valence-corrected chi connectivity index (χ1v) is 6.73. The Bertz CT molecular complexity index is 820. The van der Waals surface area contributed by atoms with Crippen LogP contribution in [0.1, 0.15) is 11.1 Å². The molecule has 0 saturated heterocycles. The van der Waals surface area contributed by atoms with Crippen molar-refractivity contribution in [2.75, 3.05) is 12.3 Å². The smallest absolute Gasteiger partial charge is 0.139 e. The van der Waals surface area contributed by atoms with Gasteiger partial charge in [0.2, 0.25) is 0 Å². The van der Waals surface area contributed by atoms with Gasteiger partial charge in [0.15, 0.2) is 0 Å². The average molecular weight is 265 g/mol. The molecule has 0 saturated carbocycles. The van der Waals surface area contributed by atoms with Crippen molar-refractivity contribution in [1.29, 1.82) is 0 Å². The maximum absolute atomic E-state index is 6.25. The van der Waals surface area contributed by atoms with Crippen LogP contribution in [0.25, 0.3) is 16.9 Å². The van der Waals surface area contributed by atoms with E-state index in [-0.39, 0.29) is 0 Å². The van der Waals surface area contributed by atoms with E-state index < -0.39 is 0 Å². The fourth-order valence-corrected chi connectivity index (χ4v) is 2.72. The summed E-state index contributed by atoms with van der Waals surface area (Å²) in [5.41, 5.74) is 11.4. The van der Waals surface area contributed by atoms with Crippen LogP contribution in [-0.4, -0.2) is 16.0 Å². The van der Waals surface area contributed by atoms with Crippen molar-refractivity contribution in [2.45, 2.75) is 13.3 Å². The molecule has 3 heterocycles. The number of fused-ring (bicyclic) bond motifs is 2. The SMILES string of the molecule is Cc1ccc2nc(-c3ccc4c(c3)CCO4)c(N)n2c1. The standard InChI is InChI=1S/C16H15N3O/c1-10-2-5-14-18-15(16(17)19(14)9-10)12-3-4-13-11(8-12)6-7-20-13/h2-5,8-9H,6-7,17H2,1H3. The lowest BCUT2D eigenvalue weighted by Gasteiger charge is -2.03. The third-order valence-corrected chi connectivity index (χ3v) is 3.77. The highest BCUT2D eigenvalue weighted by molar-refractivity contribution is 5.76. The number of benzene rings is 1. The van der Waals surface area contributed by atoms with Gasteiger partial charge in [-0.2, -0.15) is 0 Å².